The second-order valence-corrected chi connectivity index (χ2v) is 8.86. The molecule has 1 heterocycles. The highest BCUT2D eigenvalue weighted by molar-refractivity contribution is 9.10. The van der Waals surface area contributed by atoms with Gasteiger partial charge in [0, 0.05) is 31.3 Å². The average Bonchev–Trinajstić information content (AvgIpc) is 2.74. The van der Waals surface area contributed by atoms with Crippen LogP contribution in [0.25, 0.3) is 0 Å². The molecule has 148 valence electrons. The monoisotopic (exact) mass is 515 g/mol. The number of benzene rings is 3. The third kappa shape index (κ3) is 4.25. The second-order valence-electron chi connectivity index (χ2n) is 7.03. The summed E-state index contributed by atoms with van der Waals surface area (Å²) in [6.07, 6.45) is -0.0962. The summed E-state index contributed by atoms with van der Waals surface area (Å²) in [6.45, 7) is 0.246. The van der Waals surface area contributed by atoms with Gasteiger partial charge in [0.1, 0.15) is 6.04 Å². The average molecular weight is 517 g/mol. The van der Waals surface area contributed by atoms with Gasteiger partial charge in [-0.2, -0.15) is 0 Å². The van der Waals surface area contributed by atoms with E-state index in [-0.39, 0.29) is 24.7 Å². The van der Waals surface area contributed by atoms with E-state index in [0.29, 0.717) is 0 Å². The maximum Gasteiger partial charge on any atom is 0.361 e. The lowest BCUT2D eigenvalue weighted by Gasteiger charge is -2.41. The normalized spacial score (nSPS) is 20.4. The van der Waals surface area contributed by atoms with Crippen LogP contribution in [0.3, 0.4) is 0 Å². The predicted octanol–water partition coefficient (Wildman–Crippen LogP) is 4.48. The van der Waals surface area contributed by atoms with Crippen LogP contribution < -0.4 is 10.2 Å². The minimum absolute atomic E-state index is 0.0160. The van der Waals surface area contributed by atoms with E-state index in [4.69, 9.17) is 4.74 Å². The molecule has 3 aromatic carbocycles. The molecule has 29 heavy (non-hydrogen) atoms. The Morgan fingerprint density at radius 3 is 2.34 bits per heavy atom. The van der Waals surface area contributed by atoms with Crippen molar-refractivity contribution in [3.05, 3.63) is 98.4 Å². The van der Waals surface area contributed by atoms with Crippen molar-refractivity contribution in [3.63, 3.8) is 0 Å². The molecule has 0 aliphatic carbocycles. The zero-order valence-electron chi connectivity index (χ0n) is 15.9. The lowest BCUT2D eigenvalue weighted by Crippen LogP contribution is -3.15. The smallest absolute Gasteiger partial charge is 0.361 e. The molecule has 0 fully saturated rings. The second kappa shape index (κ2) is 8.69. The van der Waals surface area contributed by atoms with Gasteiger partial charge in [0.05, 0.1) is 7.11 Å². The Balaban J connectivity index is 1.88. The lowest BCUT2D eigenvalue weighted by atomic mass is 9.91. The van der Waals surface area contributed by atoms with Gasteiger partial charge < -0.3 is 10.1 Å². The molecule has 0 spiro atoms. The third-order valence-corrected chi connectivity index (χ3v) is 6.30. The number of anilines is 1. The van der Waals surface area contributed by atoms with Gasteiger partial charge in [0.2, 0.25) is 0 Å². The largest absolute Gasteiger partial charge is 0.465 e. The maximum atomic E-state index is 12.4. The summed E-state index contributed by atoms with van der Waals surface area (Å²) in [5.41, 5.74) is 4.50. The van der Waals surface area contributed by atoms with E-state index in [1.165, 1.54) is 7.11 Å². The molecule has 0 saturated heterocycles. The number of carbonyl (C=O) groups is 1. The van der Waals surface area contributed by atoms with Crippen LogP contribution in [0.5, 0.6) is 0 Å². The fourth-order valence-corrected chi connectivity index (χ4v) is 4.60. The van der Waals surface area contributed by atoms with Gasteiger partial charge in [0.25, 0.3) is 0 Å². The number of ether oxygens (including phenoxy) is 1. The standard InChI is InChI=1S/C23H20Br2N2O2/c1-29-21(28)14-27-22(15-5-3-2-4-6-15)19-13-18(25)11-12-20(19)26-23(27)16-7-9-17(24)10-8-16/h2-13,22-23,26H,14H2,1H3/p+1/t22-,23-/m0/s1. The summed E-state index contributed by atoms with van der Waals surface area (Å²) in [5, 5.41) is 3.66. The van der Waals surface area contributed by atoms with Crippen molar-refractivity contribution in [2.75, 3.05) is 19.0 Å². The van der Waals surface area contributed by atoms with E-state index in [1.54, 1.807) is 0 Å². The molecule has 4 nitrogen and oxygen atoms in total. The van der Waals surface area contributed by atoms with Crippen molar-refractivity contribution in [1.29, 1.82) is 0 Å². The van der Waals surface area contributed by atoms with Gasteiger partial charge >= 0.3 is 5.97 Å². The lowest BCUT2D eigenvalue weighted by molar-refractivity contribution is -0.947. The topological polar surface area (TPSA) is 42.8 Å². The molecule has 0 bridgehead atoms. The third-order valence-electron chi connectivity index (χ3n) is 5.28. The highest BCUT2D eigenvalue weighted by atomic mass is 79.9. The van der Waals surface area contributed by atoms with Gasteiger partial charge in [-0.3, -0.25) is 4.90 Å². The number of methoxy groups -OCH3 is 1. The minimum Gasteiger partial charge on any atom is -0.465 e. The molecule has 0 aromatic heterocycles. The summed E-state index contributed by atoms with van der Waals surface area (Å²) < 4.78 is 7.08. The Morgan fingerprint density at radius 1 is 0.966 bits per heavy atom. The van der Waals surface area contributed by atoms with E-state index < -0.39 is 0 Å². The predicted molar refractivity (Wildman–Crippen MR) is 121 cm³/mol. The van der Waals surface area contributed by atoms with Crippen molar-refractivity contribution in [3.8, 4) is 0 Å². The van der Waals surface area contributed by atoms with Crippen molar-refractivity contribution in [2.24, 2.45) is 0 Å². The van der Waals surface area contributed by atoms with Gasteiger partial charge in [0.15, 0.2) is 12.7 Å². The zero-order valence-corrected chi connectivity index (χ0v) is 19.0. The van der Waals surface area contributed by atoms with Crippen molar-refractivity contribution in [2.45, 2.75) is 12.2 Å². The molecule has 0 radical (unpaired) electrons. The van der Waals surface area contributed by atoms with E-state index in [1.807, 2.05) is 36.4 Å². The first-order valence-corrected chi connectivity index (χ1v) is 10.9. The van der Waals surface area contributed by atoms with Crippen molar-refractivity contribution >= 4 is 43.5 Å². The summed E-state index contributed by atoms with van der Waals surface area (Å²) in [6, 6.07) is 24.8. The van der Waals surface area contributed by atoms with Gasteiger partial charge in [-0.1, -0.05) is 62.2 Å². The number of hydrogen-bond acceptors (Lipinski definition) is 3. The van der Waals surface area contributed by atoms with E-state index >= 15 is 0 Å². The number of rotatable bonds is 4. The number of esters is 1. The minimum atomic E-state index is -0.233. The van der Waals surface area contributed by atoms with Crippen molar-refractivity contribution in [1.82, 2.24) is 0 Å². The Hall–Kier alpha value is -2.15. The van der Waals surface area contributed by atoms with E-state index in [9.17, 15) is 4.79 Å². The Bertz CT molecular complexity index is 1010. The molecule has 1 unspecified atom stereocenters. The highest BCUT2D eigenvalue weighted by Crippen LogP contribution is 2.35. The molecular weight excluding hydrogens is 496 g/mol. The molecule has 0 saturated carbocycles. The first-order chi connectivity index (χ1) is 14.1. The maximum absolute atomic E-state index is 12.4. The number of halogens is 2. The fourth-order valence-electron chi connectivity index (χ4n) is 3.95. The summed E-state index contributed by atoms with van der Waals surface area (Å²) in [4.78, 5) is 13.5. The van der Waals surface area contributed by atoms with Crippen LogP contribution in [0.1, 0.15) is 28.9 Å². The Labute approximate surface area is 187 Å². The zero-order chi connectivity index (χ0) is 20.4. The van der Waals surface area contributed by atoms with Crippen LogP contribution in [-0.4, -0.2) is 19.6 Å². The number of carbonyl (C=O) groups excluding carboxylic acids is 1. The van der Waals surface area contributed by atoms with Crippen molar-refractivity contribution < 1.29 is 14.4 Å². The molecule has 6 heteroatoms. The number of quaternary nitrogens is 1. The molecular formula is C23H21Br2N2O2+. The Morgan fingerprint density at radius 2 is 1.66 bits per heavy atom. The van der Waals surface area contributed by atoms with Crippen LogP contribution in [0, 0.1) is 0 Å². The molecule has 3 aromatic rings. The molecule has 3 atom stereocenters. The van der Waals surface area contributed by atoms with Gasteiger partial charge in [-0.25, -0.2) is 4.79 Å². The molecule has 0 amide bonds. The fraction of sp³-hybridized carbons (Fsp3) is 0.174. The SMILES string of the molecule is COC(=O)C[NH+]1[C@@H](c2ccccc2)c2cc(Br)ccc2N[C@@H]1c1ccc(Br)cc1. The number of nitrogens with one attached hydrogen (secondary N) is 2. The van der Waals surface area contributed by atoms with Crippen LogP contribution in [0.4, 0.5) is 5.69 Å². The molecule has 2 N–H and O–H groups in total. The van der Waals surface area contributed by atoms with Crippen LogP contribution in [-0.2, 0) is 9.53 Å². The summed E-state index contributed by atoms with van der Waals surface area (Å²) >= 11 is 7.12. The van der Waals surface area contributed by atoms with Crippen LogP contribution in [0.15, 0.2) is 81.7 Å². The van der Waals surface area contributed by atoms with E-state index in [0.717, 1.165) is 36.2 Å². The quantitative estimate of drug-likeness (QED) is 0.502. The molecule has 4 rings (SSSR count). The first kappa shape index (κ1) is 20.1. The Kier molecular flexibility index (Phi) is 6.04. The van der Waals surface area contributed by atoms with Gasteiger partial charge in [-0.05, 0) is 42.5 Å². The van der Waals surface area contributed by atoms with E-state index in [2.05, 4.69) is 73.6 Å². The highest BCUT2D eigenvalue weighted by Gasteiger charge is 2.41. The van der Waals surface area contributed by atoms with Gasteiger partial charge in [-0.15, -0.1) is 0 Å². The first-order valence-electron chi connectivity index (χ1n) is 9.35. The van der Waals surface area contributed by atoms with Crippen LogP contribution in [0.2, 0.25) is 0 Å². The number of fused-ring (bicyclic) bond motifs is 1. The summed E-state index contributed by atoms with van der Waals surface area (Å²) in [7, 11) is 1.44. The summed E-state index contributed by atoms with van der Waals surface area (Å²) in [5.74, 6) is -0.233. The van der Waals surface area contributed by atoms with Crippen LogP contribution >= 0.6 is 31.9 Å². The number of hydrogen-bond donors (Lipinski definition) is 2. The molecule has 1 aliphatic rings. The molecule has 1 aliphatic heterocycles.